The first-order valence-electron chi connectivity index (χ1n) is 9.42. The van der Waals surface area contributed by atoms with Gasteiger partial charge in [0.25, 0.3) is 0 Å². The van der Waals surface area contributed by atoms with Crippen molar-refractivity contribution in [1.82, 2.24) is 14.8 Å². The van der Waals surface area contributed by atoms with Crippen molar-refractivity contribution in [1.29, 1.82) is 0 Å². The molecule has 4 rings (SSSR count). The average Bonchev–Trinajstić information content (AvgIpc) is 3.38. The van der Waals surface area contributed by atoms with Crippen LogP contribution in [0, 0.1) is 0 Å². The Morgan fingerprint density at radius 1 is 1.15 bits per heavy atom. The number of aromatic nitrogens is 3. The first-order chi connectivity index (χ1) is 15.5. The van der Waals surface area contributed by atoms with Crippen molar-refractivity contribution in [2.75, 3.05) is 0 Å². The highest BCUT2D eigenvalue weighted by molar-refractivity contribution is 7.89. The van der Waals surface area contributed by atoms with Gasteiger partial charge in [-0.05, 0) is 42.5 Å². The molecule has 172 valence electrons. The van der Waals surface area contributed by atoms with Gasteiger partial charge in [-0.15, -0.1) is 0 Å². The van der Waals surface area contributed by atoms with E-state index in [1.54, 1.807) is 24.0 Å². The number of benzene rings is 2. The number of oxazole rings is 1. The first kappa shape index (κ1) is 22.6. The molecule has 0 aliphatic carbocycles. The molecule has 0 atom stereocenters. The zero-order valence-electron chi connectivity index (χ0n) is 17.1. The normalized spacial score (nSPS) is 12.2. The Labute approximate surface area is 186 Å². The number of aryl methyl sites for hydroxylation is 1. The number of alkyl halides is 3. The Bertz CT molecular complexity index is 1390. The lowest BCUT2D eigenvalue weighted by molar-refractivity contribution is -0.137. The summed E-state index contributed by atoms with van der Waals surface area (Å²) < 4.78 is 74.1. The van der Waals surface area contributed by atoms with E-state index in [1.807, 2.05) is 0 Å². The molecule has 0 saturated heterocycles. The molecule has 33 heavy (non-hydrogen) atoms. The zero-order chi connectivity index (χ0) is 23.8. The highest BCUT2D eigenvalue weighted by atomic mass is 32.2. The molecule has 0 aliphatic rings. The third-order valence-corrected chi connectivity index (χ3v) is 5.72. The van der Waals surface area contributed by atoms with Gasteiger partial charge in [-0.25, -0.2) is 18.5 Å². The van der Waals surface area contributed by atoms with Crippen LogP contribution in [-0.2, 0) is 29.9 Å². The van der Waals surface area contributed by atoms with Gasteiger partial charge in [0.15, 0.2) is 0 Å². The van der Waals surface area contributed by atoms with Crippen LogP contribution in [0.2, 0.25) is 0 Å². The van der Waals surface area contributed by atoms with E-state index in [1.165, 1.54) is 36.6 Å². The predicted molar refractivity (Wildman–Crippen MR) is 111 cm³/mol. The average molecular weight is 478 g/mol. The van der Waals surface area contributed by atoms with Crippen molar-refractivity contribution in [3.8, 4) is 28.5 Å². The van der Waals surface area contributed by atoms with Gasteiger partial charge in [-0.2, -0.15) is 18.3 Å². The van der Waals surface area contributed by atoms with E-state index < -0.39 is 21.8 Å². The van der Waals surface area contributed by atoms with Crippen molar-refractivity contribution in [2.24, 2.45) is 12.2 Å². The van der Waals surface area contributed by atoms with Gasteiger partial charge in [0.2, 0.25) is 15.9 Å². The van der Waals surface area contributed by atoms with E-state index in [0.717, 1.165) is 12.1 Å². The molecule has 8 nitrogen and oxygen atoms in total. The Balaban J connectivity index is 1.56. The maximum Gasteiger partial charge on any atom is 0.416 e. The zero-order valence-corrected chi connectivity index (χ0v) is 17.9. The SMILES string of the molecule is Cn1ncc(-c2coc(-c3cccc(S(N)(=O)=O)c3)n2)c1COc1ccc(C(F)(F)F)cc1. The van der Waals surface area contributed by atoms with Gasteiger partial charge in [0.05, 0.1) is 22.3 Å². The molecule has 2 N–H and O–H groups in total. The molecule has 0 radical (unpaired) electrons. The third-order valence-electron chi connectivity index (χ3n) is 4.81. The van der Waals surface area contributed by atoms with Gasteiger partial charge in [0, 0.05) is 18.2 Å². The number of rotatable bonds is 6. The van der Waals surface area contributed by atoms with Crippen LogP contribution in [0.4, 0.5) is 13.2 Å². The monoisotopic (exact) mass is 478 g/mol. The smallest absolute Gasteiger partial charge is 0.416 e. The minimum atomic E-state index is -4.42. The molecule has 0 saturated carbocycles. The van der Waals surface area contributed by atoms with Crippen LogP contribution < -0.4 is 9.88 Å². The summed E-state index contributed by atoms with van der Waals surface area (Å²) in [6, 6.07) is 10.2. The van der Waals surface area contributed by atoms with Crippen molar-refractivity contribution in [3.63, 3.8) is 0 Å². The van der Waals surface area contributed by atoms with Crippen molar-refractivity contribution in [3.05, 3.63) is 72.2 Å². The van der Waals surface area contributed by atoms with Gasteiger partial charge >= 0.3 is 6.18 Å². The quantitative estimate of drug-likeness (QED) is 0.448. The van der Waals surface area contributed by atoms with E-state index in [0.29, 0.717) is 22.5 Å². The topological polar surface area (TPSA) is 113 Å². The molecule has 0 unspecified atom stereocenters. The van der Waals surface area contributed by atoms with Crippen LogP contribution in [0.5, 0.6) is 5.75 Å². The number of nitrogens with two attached hydrogens (primary N) is 1. The molecule has 12 heteroatoms. The lowest BCUT2D eigenvalue weighted by Crippen LogP contribution is -2.11. The van der Waals surface area contributed by atoms with E-state index in [9.17, 15) is 21.6 Å². The molecule has 4 aromatic rings. The number of sulfonamides is 1. The summed E-state index contributed by atoms with van der Waals surface area (Å²) in [5, 5.41) is 9.36. The van der Waals surface area contributed by atoms with E-state index in [4.69, 9.17) is 14.3 Å². The number of hydrogen-bond donors (Lipinski definition) is 1. The van der Waals surface area contributed by atoms with E-state index in [-0.39, 0.29) is 23.1 Å². The van der Waals surface area contributed by atoms with Crippen molar-refractivity contribution < 1.29 is 30.7 Å². The summed E-state index contributed by atoms with van der Waals surface area (Å²) in [6.45, 7) is 0.0142. The second kappa shape index (κ2) is 8.37. The summed E-state index contributed by atoms with van der Waals surface area (Å²) in [5.74, 6) is 0.435. The molecule has 0 spiro atoms. The second-order valence-corrected chi connectivity index (χ2v) is 8.61. The Morgan fingerprint density at radius 3 is 2.55 bits per heavy atom. The third kappa shape index (κ3) is 4.91. The van der Waals surface area contributed by atoms with Gasteiger partial charge in [-0.3, -0.25) is 4.68 Å². The van der Waals surface area contributed by atoms with Gasteiger partial charge in [-0.1, -0.05) is 6.07 Å². The van der Waals surface area contributed by atoms with Crippen LogP contribution in [0.3, 0.4) is 0 Å². The van der Waals surface area contributed by atoms with E-state index >= 15 is 0 Å². The molecule has 0 fully saturated rings. The molecular weight excluding hydrogens is 461 g/mol. The molecular formula is C21H17F3N4O4S. The number of ether oxygens (including phenoxy) is 1. The Kier molecular flexibility index (Phi) is 5.72. The minimum Gasteiger partial charge on any atom is -0.487 e. The van der Waals surface area contributed by atoms with Crippen LogP contribution in [0.15, 0.2) is 70.3 Å². The molecule has 2 heterocycles. The standard InChI is InChI=1S/C21H17F3N4O4S/c1-28-19(12-31-15-7-5-14(6-8-15)21(22,23)24)17(10-26-28)18-11-32-20(27-18)13-3-2-4-16(9-13)33(25,29)30/h2-11H,12H2,1H3,(H2,25,29,30). The summed E-state index contributed by atoms with van der Waals surface area (Å²) in [5.41, 5.74) is 1.26. The van der Waals surface area contributed by atoms with Crippen LogP contribution in [0.1, 0.15) is 11.3 Å². The summed E-state index contributed by atoms with van der Waals surface area (Å²) in [4.78, 5) is 4.33. The fraction of sp³-hybridized carbons (Fsp3) is 0.143. The summed E-state index contributed by atoms with van der Waals surface area (Å²) >= 11 is 0. The highest BCUT2D eigenvalue weighted by Crippen LogP contribution is 2.31. The number of primary sulfonamides is 1. The van der Waals surface area contributed by atoms with Gasteiger partial charge < -0.3 is 9.15 Å². The fourth-order valence-corrected chi connectivity index (χ4v) is 3.64. The maximum absolute atomic E-state index is 12.7. The Hall–Kier alpha value is -3.64. The molecule has 0 amide bonds. The fourth-order valence-electron chi connectivity index (χ4n) is 3.08. The summed E-state index contributed by atoms with van der Waals surface area (Å²) in [7, 11) is -2.20. The molecule has 2 aromatic heterocycles. The lowest BCUT2D eigenvalue weighted by atomic mass is 10.2. The summed E-state index contributed by atoms with van der Waals surface area (Å²) in [6.07, 6.45) is -1.49. The van der Waals surface area contributed by atoms with Gasteiger partial charge in [0.1, 0.15) is 24.3 Å². The van der Waals surface area contributed by atoms with Crippen molar-refractivity contribution in [2.45, 2.75) is 17.7 Å². The lowest BCUT2D eigenvalue weighted by Gasteiger charge is -2.10. The highest BCUT2D eigenvalue weighted by Gasteiger charge is 2.30. The number of halogens is 3. The molecule has 0 bridgehead atoms. The molecule has 0 aliphatic heterocycles. The maximum atomic E-state index is 12.7. The second-order valence-electron chi connectivity index (χ2n) is 7.05. The van der Waals surface area contributed by atoms with E-state index in [2.05, 4.69) is 10.1 Å². The number of nitrogens with zero attached hydrogens (tertiary/aromatic N) is 3. The van der Waals surface area contributed by atoms with Crippen LogP contribution in [-0.4, -0.2) is 23.2 Å². The molecule has 2 aromatic carbocycles. The minimum absolute atomic E-state index is 0.0142. The first-order valence-corrected chi connectivity index (χ1v) is 11.0. The van der Waals surface area contributed by atoms with Crippen LogP contribution >= 0.6 is 0 Å². The number of hydrogen-bond acceptors (Lipinski definition) is 6. The largest absolute Gasteiger partial charge is 0.487 e. The van der Waals surface area contributed by atoms with Crippen LogP contribution in [0.25, 0.3) is 22.7 Å². The predicted octanol–water partition coefficient (Wildman–Crippen LogP) is 3.99. The van der Waals surface area contributed by atoms with Crippen molar-refractivity contribution >= 4 is 10.0 Å². The Morgan fingerprint density at radius 2 is 1.88 bits per heavy atom.